The molecule has 0 bridgehead atoms. The van der Waals surface area contributed by atoms with E-state index in [0.29, 0.717) is 19.6 Å². The van der Waals surface area contributed by atoms with Crippen molar-refractivity contribution in [2.24, 2.45) is 0 Å². The summed E-state index contributed by atoms with van der Waals surface area (Å²) in [5, 5.41) is 3.40. The van der Waals surface area contributed by atoms with Gasteiger partial charge in [-0.3, -0.25) is 14.6 Å². The number of nitrogens with zero attached hydrogens (tertiary/aromatic N) is 3. The van der Waals surface area contributed by atoms with E-state index in [4.69, 9.17) is 0 Å². The number of hydrogen-bond acceptors (Lipinski definition) is 4. The molecule has 1 aliphatic rings. The van der Waals surface area contributed by atoms with Crippen LogP contribution in [0.3, 0.4) is 0 Å². The molecule has 144 valence electrons. The second-order valence-corrected chi connectivity index (χ2v) is 6.74. The van der Waals surface area contributed by atoms with E-state index in [-0.39, 0.29) is 30.7 Å². The van der Waals surface area contributed by atoms with Crippen molar-refractivity contribution in [3.63, 3.8) is 0 Å². The predicted molar refractivity (Wildman–Crippen MR) is 102 cm³/mol. The van der Waals surface area contributed by atoms with Crippen LogP contribution in [0, 0.1) is 0 Å². The molecule has 1 saturated heterocycles. The monoisotopic (exact) mass is 360 g/mol. The third-order valence-corrected chi connectivity index (χ3v) is 5.03. The molecule has 1 N–H and O–H groups in total. The summed E-state index contributed by atoms with van der Waals surface area (Å²) >= 11 is 0. The lowest BCUT2D eigenvalue weighted by Gasteiger charge is -2.31. The second-order valence-electron chi connectivity index (χ2n) is 6.74. The molecule has 6 nitrogen and oxygen atoms in total. The Kier molecular flexibility index (Phi) is 8.54. The van der Waals surface area contributed by atoms with Gasteiger partial charge in [-0.25, -0.2) is 0 Å². The number of carbonyl (C=O) groups excluding carboxylic acids is 2. The van der Waals surface area contributed by atoms with Gasteiger partial charge >= 0.3 is 0 Å². The van der Waals surface area contributed by atoms with Crippen molar-refractivity contribution in [1.82, 2.24) is 20.1 Å². The number of pyridine rings is 1. The number of aromatic nitrogens is 1. The first-order chi connectivity index (χ1) is 12.7. The molecule has 0 radical (unpaired) electrons. The maximum Gasteiger partial charge on any atom is 0.223 e. The molecule has 0 aliphatic carbocycles. The fourth-order valence-electron chi connectivity index (χ4n) is 3.49. The summed E-state index contributed by atoms with van der Waals surface area (Å²) in [4.78, 5) is 33.3. The summed E-state index contributed by atoms with van der Waals surface area (Å²) in [6, 6.07) is 6.00. The summed E-state index contributed by atoms with van der Waals surface area (Å²) in [6.45, 7) is 7.76. The van der Waals surface area contributed by atoms with E-state index in [2.05, 4.69) is 10.3 Å². The fraction of sp³-hybridized carbons (Fsp3) is 0.650. The quantitative estimate of drug-likeness (QED) is 0.772. The minimum Gasteiger partial charge on any atom is -0.343 e. The molecular weight excluding hydrogens is 328 g/mol. The van der Waals surface area contributed by atoms with Crippen molar-refractivity contribution >= 4 is 11.8 Å². The zero-order valence-corrected chi connectivity index (χ0v) is 16.1. The highest BCUT2D eigenvalue weighted by molar-refractivity contribution is 5.84. The highest BCUT2D eigenvalue weighted by atomic mass is 16.2. The molecule has 1 aliphatic heterocycles. The van der Waals surface area contributed by atoms with Crippen LogP contribution in [0.2, 0.25) is 0 Å². The number of amides is 2. The maximum absolute atomic E-state index is 13.0. The van der Waals surface area contributed by atoms with Crippen LogP contribution < -0.4 is 5.32 Å². The number of carbonyl (C=O) groups is 2. The van der Waals surface area contributed by atoms with Crippen LogP contribution in [0.25, 0.3) is 0 Å². The van der Waals surface area contributed by atoms with E-state index in [1.54, 1.807) is 11.1 Å². The summed E-state index contributed by atoms with van der Waals surface area (Å²) in [5.41, 5.74) is 0.896. The average molecular weight is 361 g/mol. The van der Waals surface area contributed by atoms with Crippen LogP contribution >= 0.6 is 0 Å². The lowest BCUT2D eigenvalue weighted by molar-refractivity contribution is -0.139. The molecule has 6 heteroatoms. The third-order valence-electron chi connectivity index (χ3n) is 5.03. The Morgan fingerprint density at radius 3 is 2.58 bits per heavy atom. The molecule has 2 amide bonds. The van der Waals surface area contributed by atoms with Gasteiger partial charge in [0.05, 0.1) is 12.2 Å². The van der Waals surface area contributed by atoms with Gasteiger partial charge in [0.2, 0.25) is 11.8 Å². The van der Waals surface area contributed by atoms with Crippen molar-refractivity contribution in [1.29, 1.82) is 0 Å². The predicted octanol–water partition coefficient (Wildman–Crippen LogP) is 2.20. The zero-order chi connectivity index (χ0) is 18.8. The van der Waals surface area contributed by atoms with E-state index in [9.17, 15) is 9.59 Å². The Morgan fingerprint density at radius 2 is 1.88 bits per heavy atom. The van der Waals surface area contributed by atoms with Gasteiger partial charge in [-0.05, 0) is 58.3 Å². The van der Waals surface area contributed by atoms with Gasteiger partial charge in [0.15, 0.2) is 0 Å². The minimum absolute atomic E-state index is 0.0584. The lowest BCUT2D eigenvalue weighted by Crippen LogP contribution is -2.41. The topological polar surface area (TPSA) is 65.5 Å². The van der Waals surface area contributed by atoms with Gasteiger partial charge in [-0.15, -0.1) is 0 Å². The van der Waals surface area contributed by atoms with Crippen LogP contribution in [-0.2, 0) is 16.1 Å². The Balaban J connectivity index is 2.03. The summed E-state index contributed by atoms with van der Waals surface area (Å²) in [7, 11) is 0. The Morgan fingerprint density at radius 1 is 1.12 bits per heavy atom. The zero-order valence-electron chi connectivity index (χ0n) is 16.1. The summed E-state index contributed by atoms with van der Waals surface area (Å²) in [6.07, 6.45) is 5.32. The third kappa shape index (κ3) is 6.09. The Labute approximate surface area is 157 Å². The van der Waals surface area contributed by atoms with Crippen LogP contribution in [0.1, 0.15) is 51.6 Å². The van der Waals surface area contributed by atoms with Gasteiger partial charge in [0, 0.05) is 38.2 Å². The Hall–Kier alpha value is -1.95. The highest BCUT2D eigenvalue weighted by Crippen LogP contribution is 2.18. The lowest BCUT2D eigenvalue weighted by atomic mass is 10.1. The van der Waals surface area contributed by atoms with Crippen molar-refractivity contribution in [3.05, 3.63) is 30.1 Å². The van der Waals surface area contributed by atoms with Crippen LogP contribution in [0.15, 0.2) is 24.4 Å². The SMILES string of the molecule is CCN(CC)C(=O)CCC(=O)N(Cc1ccccn1)C1CCCNCC1. The van der Waals surface area contributed by atoms with Gasteiger partial charge < -0.3 is 15.1 Å². The molecule has 1 aromatic rings. The first-order valence-electron chi connectivity index (χ1n) is 9.83. The van der Waals surface area contributed by atoms with E-state index >= 15 is 0 Å². The largest absolute Gasteiger partial charge is 0.343 e. The maximum atomic E-state index is 13.0. The molecule has 0 spiro atoms. The normalized spacial score (nSPS) is 17.4. The molecule has 1 aromatic heterocycles. The van der Waals surface area contributed by atoms with E-state index in [1.807, 2.05) is 36.9 Å². The van der Waals surface area contributed by atoms with Gasteiger partial charge in [-0.1, -0.05) is 6.07 Å². The fourth-order valence-corrected chi connectivity index (χ4v) is 3.49. The van der Waals surface area contributed by atoms with Crippen molar-refractivity contribution in [3.8, 4) is 0 Å². The minimum atomic E-state index is 0.0584. The average Bonchev–Trinajstić information content (AvgIpc) is 2.95. The molecule has 0 aromatic carbocycles. The van der Waals surface area contributed by atoms with Crippen LogP contribution in [0.4, 0.5) is 0 Å². The summed E-state index contributed by atoms with van der Waals surface area (Å²) < 4.78 is 0. The first-order valence-corrected chi connectivity index (χ1v) is 9.83. The van der Waals surface area contributed by atoms with Crippen LogP contribution in [0.5, 0.6) is 0 Å². The molecule has 0 saturated carbocycles. The highest BCUT2D eigenvalue weighted by Gasteiger charge is 2.25. The van der Waals surface area contributed by atoms with Gasteiger partial charge in [-0.2, -0.15) is 0 Å². The van der Waals surface area contributed by atoms with Crippen LogP contribution in [-0.4, -0.2) is 58.8 Å². The van der Waals surface area contributed by atoms with Crippen molar-refractivity contribution < 1.29 is 9.59 Å². The smallest absolute Gasteiger partial charge is 0.223 e. The second kappa shape index (κ2) is 10.9. The summed E-state index contributed by atoms with van der Waals surface area (Å²) in [5.74, 6) is 0.117. The first kappa shape index (κ1) is 20.4. The van der Waals surface area contributed by atoms with Crippen molar-refractivity contribution in [2.45, 2.75) is 58.5 Å². The Bertz CT molecular complexity index is 552. The van der Waals surface area contributed by atoms with Gasteiger partial charge in [0.1, 0.15) is 0 Å². The molecule has 1 unspecified atom stereocenters. The van der Waals surface area contributed by atoms with E-state index in [1.165, 1.54) is 0 Å². The van der Waals surface area contributed by atoms with E-state index in [0.717, 1.165) is 38.0 Å². The number of rotatable bonds is 8. The standard InChI is InChI=1S/C20H32N4O2/c1-3-23(4-2)19(25)10-11-20(26)24(16-17-8-5-6-14-22-17)18-9-7-13-21-15-12-18/h5-6,8,14,18,21H,3-4,7,9-13,15-16H2,1-2H3. The molecule has 1 atom stereocenters. The van der Waals surface area contributed by atoms with E-state index < -0.39 is 0 Å². The molecule has 26 heavy (non-hydrogen) atoms. The van der Waals surface area contributed by atoms with Gasteiger partial charge in [0.25, 0.3) is 0 Å². The number of nitrogens with one attached hydrogen (secondary N) is 1. The molecule has 2 rings (SSSR count). The molecule has 1 fully saturated rings. The molecule has 2 heterocycles. The molecular formula is C20H32N4O2. The number of hydrogen-bond donors (Lipinski definition) is 1. The van der Waals surface area contributed by atoms with Crippen molar-refractivity contribution in [2.75, 3.05) is 26.2 Å².